The maximum absolute atomic E-state index is 11.5. The van der Waals surface area contributed by atoms with E-state index in [0.29, 0.717) is 13.0 Å². The Morgan fingerprint density at radius 1 is 1.44 bits per heavy atom. The van der Waals surface area contributed by atoms with Crippen molar-refractivity contribution in [2.24, 2.45) is 0 Å². The van der Waals surface area contributed by atoms with E-state index in [9.17, 15) is 13.2 Å². The first-order chi connectivity index (χ1) is 8.55. The van der Waals surface area contributed by atoms with Crippen LogP contribution in [0.15, 0.2) is 24.4 Å². The standard InChI is InChI=1S/C11H15N3O3S/c15-11(13-7-9-3-1-2-5-12-9)14-10-4-6-18(16,17)8-10/h1-3,5,10H,4,6-8H2,(H2,13,14,15)/t10-/m1/s1. The van der Waals surface area contributed by atoms with Crippen LogP contribution < -0.4 is 10.6 Å². The second kappa shape index (κ2) is 5.34. The summed E-state index contributed by atoms with van der Waals surface area (Å²) in [6.07, 6.45) is 2.14. The molecule has 6 nitrogen and oxygen atoms in total. The van der Waals surface area contributed by atoms with Gasteiger partial charge < -0.3 is 10.6 Å². The minimum absolute atomic E-state index is 0.0318. The van der Waals surface area contributed by atoms with Crippen LogP contribution in [0.5, 0.6) is 0 Å². The molecule has 0 spiro atoms. The van der Waals surface area contributed by atoms with E-state index in [-0.39, 0.29) is 23.6 Å². The van der Waals surface area contributed by atoms with Crippen molar-refractivity contribution in [3.8, 4) is 0 Å². The van der Waals surface area contributed by atoms with Gasteiger partial charge in [-0.05, 0) is 18.6 Å². The van der Waals surface area contributed by atoms with E-state index < -0.39 is 9.84 Å². The van der Waals surface area contributed by atoms with Crippen LogP contribution in [0, 0.1) is 0 Å². The first kappa shape index (κ1) is 12.8. The van der Waals surface area contributed by atoms with E-state index in [2.05, 4.69) is 15.6 Å². The summed E-state index contributed by atoms with van der Waals surface area (Å²) < 4.78 is 22.4. The Morgan fingerprint density at radius 2 is 2.28 bits per heavy atom. The van der Waals surface area contributed by atoms with Crippen molar-refractivity contribution in [1.29, 1.82) is 0 Å². The average Bonchev–Trinajstić information content (AvgIpc) is 2.67. The monoisotopic (exact) mass is 269 g/mol. The van der Waals surface area contributed by atoms with Crippen molar-refractivity contribution in [3.05, 3.63) is 30.1 Å². The van der Waals surface area contributed by atoms with E-state index in [1.54, 1.807) is 18.3 Å². The summed E-state index contributed by atoms with van der Waals surface area (Å²) in [7, 11) is -2.96. The number of sulfone groups is 1. The van der Waals surface area contributed by atoms with Crippen molar-refractivity contribution < 1.29 is 13.2 Å². The molecule has 7 heteroatoms. The second-order valence-corrected chi connectivity index (χ2v) is 6.48. The molecule has 1 aromatic rings. The molecule has 2 rings (SSSR count). The van der Waals surface area contributed by atoms with Crippen LogP contribution >= 0.6 is 0 Å². The highest BCUT2D eigenvalue weighted by molar-refractivity contribution is 7.91. The molecule has 18 heavy (non-hydrogen) atoms. The lowest BCUT2D eigenvalue weighted by Crippen LogP contribution is -2.42. The van der Waals surface area contributed by atoms with Gasteiger partial charge in [-0.1, -0.05) is 6.07 Å². The summed E-state index contributed by atoms with van der Waals surface area (Å²) in [5, 5.41) is 5.29. The molecular formula is C11H15N3O3S. The molecular weight excluding hydrogens is 254 g/mol. The molecule has 98 valence electrons. The van der Waals surface area contributed by atoms with Crippen molar-refractivity contribution in [2.45, 2.75) is 19.0 Å². The number of hydrogen-bond donors (Lipinski definition) is 2. The third-order valence-corrected chi connectivity index (χ3v) is 4.49. The van der Waals surface area contributed by atoms with Gasteiger partial charge in [-0.25, -0.2) is 13.2 Å². The Morgan fingerprint density at radius 3 is 2.89 bits per heavy atom. The number of carbonyl (C=O) groups is 1. The fourth-order valence-corrected chi connectivity index (χ4v) is 3.49. The van der Waals surface area contributed by atoms with Gasteiger partial charge in [-0.2, -0.15) is 0 Å². The molecule has 1 aliphatic heterocycles. The number of nitrogens with zero attached hydrogens (tertiary/aromatic N) is 1. The summed E-state index contributed by atoms with van der Waals surface area (Å²) in [5.41, 5.74) is 0.756. The number of carbonyl (C=O) groups excluding carboxylic acids is 1. The molecule has 0 aromatic carbocycles. The Bertz CT molecular complexity index is 516. The quantitative estimate of drug-likeness (QED) is 0.812. The molecule has 1 aliphatic rings. The predicted octanol–water partition coefficient (Wildman–Crippen LogP) is 0.0679. The van der Waals surface area contributed by atoms with Gasteiger partial charge in [0.25, 0.3) is 0 Å². The Labute approximate surface area is 106 Å². The molecule has 2 amide bonds. The van der Waals surface area contributed by atoms with Crippen LogP contribution in [0.4, 0.5) is 4.79 Å². The van der Waals surface area contributed by atoms with Crippen molar-refractivity contribution in [2.75, 3.05) is 11.5 Å². The van der Waals surface area contributed by atoms with Gasteiger partial charge in [0.1, 0.15) is 0 Å². The van der Waals surface area contributed by atoms with E-state index >= 15 is 0 Å². The van der Waals surface area contributed by atoms with Gasteiger partial charge in [-0.15, -0.1) is 0 Å². The van der Waals surface area contributed by atoms with Gasteiger partial charge in [0, 0.05) is 12.2 Å². The minimum Gasteiger partial charge on any atom is -0.334 e. The van der Waals surface area contributed by atoms with Crippen molar-refractivity contribution >= 4 is 15.9 Å². The number of nitrogens with one attached hydrogen (secondary N) is 2. The third kappa shape index (κ3) is 3.69. The first-order valence-corrected chi connectivity index (χ1v) is 7.52. The van der Waals surface area contributed by atoms with Gasteiger partial charge >= 0.3 is 6.03 Å². The second-order valence-electron chi connectivity index (χ2n) is 4.25. The maximum atomic E-state index is 11.5. The highest BCUT2D eigenvalue weighted by Crippen LogP contribution is 2.10. The normalized spacial score (nSPS) is 21.4. The van der Waals surface area contributed by atoms with Crippen molar-refractivity contribution in [3.63, 3.8) is 0 Å². The van der Waals surface area contributed by atoms with Gasteiger partial charge in [0.2, 0.25) is 0 Å². The first-order valence-electron chi connectivity index (χ1n) is 5.70. The van der Waals surface area contributed by atoms with E-state index in [4.69, 9.17) is 0 Å². The average molecular weight is 269 g/mol. The third-order valence-electron chi connectivity index (χ3n) is 2.72. The van der Waals surface area contributed by atoms with Gasteiger partial charge in [0.05, 0.1) is 23.7 Å². The minimum atomic E-state index is -2.96. The zero-order chi connectivity index (χ0) is 13.0. The van der Waals surface area contributed by atoms with Crippen LogP contribution in [0.3, 0.4) is 0 Å². The van der Waals surface area contributed by atoms with Crippen LogP contribution in [-0.2, 0) is 16.4 Å². The molecule has 0 unspecified atom stereocenters. The summed E-state index contributed by atoms with van der Waals surface area (Å²) in [6, 6.07) is 4.81. The highest BCUT2D eigenvalue weighted by Gasteiger charge is 2.28. The lowest BCUT2D eigenvalue weighted by molar-refractivity contribution is 0.237. The van der Waals surface area contributed by atoms with Gasteiger partial charge in [0.15, 0.2) is 9.84 Å². The Balaban J connectivity index is 1.76. The molecule has 1 aromatic heterocycles. The summed E-state index contributed by atoms with van der Waals surface area (Å²) >= 11 is 0. The lowest BCUT2D eigenvalue weighted by atomic mass is 10.3. The van der Waals surface area contributed by atoms with E-state index in [0.717, 1.165) is 5.69 Å². The Hall–Kier alpha value is -1.63. The van der Waals surface area contributed by atoms with E-state index in [1.807, 2.05) is 6.07 Å². The maximum Gasteiger partial charge on any atom is 0.315 e. The Kier molecular flexibility index (Phi) is 3.81. The fraction of sp³-hybridized carbons (Fsp3) is 0.455. The summed E-state index contributed by atoms with van der Waals surface area (Å²) in [5.74, 6) is 0.183. The lowest BCUT2D eigenvalue weighted by Gasteiger charge is -2.11. The molecule has 2 N–H and O–H groups in total. The van der Waals surface area contributed by atoms with Crippen LogP contribution in [0.1, 0.15) is 12.1 Å². The smallest absolute Gasteiger partial charge is 0.315 e. The number of aromatic nitrogens is 1. The number of hydrogen-bond acceptors (Lipinski definition) is 4. The zero-order valence-electron chi connectivity index (χ0n) is 9.80. The summed E-state index contributed by atoms with van der Waals surface area (Å²) in [4.78, 5) is 15.6. The highest BCUT2D eigenvalue weighted by atomic mass is 32.2. The fourth-order valence-electron chi connectivity index (χ4n) is 1.82. The van der Waals surface area contributed by atoms with Crippen molar-refractivity contribution in [1.82, 2.24) is 15.6 Å². The van der Waals surface area contributed by atoms with Gasteiger partial charge in [-0.3, -0.25) is 4.98 Å². The molecule has 0 bridgehead atoms. The van der Waals surface area contributed by atoms with E-state index in [1.165, 1.54) is 0 Å². The number of amides is 2. The van der Waals surface area contributed by atoms with Crippen LogP contribution in [0.25, 0.3) is 0 Å². The molecule has 1 atom stereocenters. The molecule has 0 saturated carbocycles. The number of urea groups is 1. The molecule has 1 saturated heterocycles. The molecule has 0 aliphatic carbocycles. The molecule has 1 fully saturated rings. The van der Waals surface area contributed by atoms with Crippen LogP contribution in [-0.4, -0.2) is 37.0 Å². The number of rotatable bonds is 3. The van der Waals surface area contributed by atoms with Crippen LogP contribution in [0.2, 0.25) is 0 Å². The number of pyridine rings is 1. The largest absolute Gasteiger partial charge is 0.334 e. The SMILES string of the molecule is O=C(NCc1ccccn1)N[C@@H]1CCS(=O)(=O)C1. The zero-order valence-corrected chi connectivity index (χ0v) is 10.6. The molecule has 2 heterocycles. The predicted molar refractivity (Wildman–Crippen MR) is 66.7 cm³/mol. The topological polar surface area (TPSA) is 88.2 Å². The molecule has 0 radical (unpaired) electrons. The summed E-state index contributed by atoms with van der Waals surface area (Å²) in [6.45, 7) is 0.326.